The number of benzene rings is 2. The van der Waals surface area contributed by atoms with Gasteiger partial charge in [-0.25, -0.2) is 13.1 Å². The smallest absolute Gasteiger partial charge is 0.241 e. The van der Waals surface area contributed by atoms with Gasteiger partial charge in [0.2, 0.25) is 15.9 Å². The lowest BCUT2D eigenvalue weighted by atomic mass is 10.1. The van der Waals surface area contributed by atoms with Crippen LogP contribution >= 0.6 is 0 Å². The van der Waals surface area contributed by atoms with Crippen LogP contribution in [0.25, 0.3) is 0 Å². The number of nitrogens with one attached hydrogen (secondary N) is 2. The molecule has 0 radical (unpaired) electrons. The highest BCUT2D eigenvalue weighted by atomic mass is 32.2. The van der Waals surface area contributed by atoms with Crippen LogP contribution in [0.1, 0.15) is 39.3 Å². The van der Waals surface area contributed by atoms with Gasteiger partial charge in [-0.05, 0) is 62.7 Å². The number of carbonyl (C=O) groups is 1. The second-order valence-electron chi connectivity index (χ2n) is 6.12. The second kappa shape index (κ2) is 9.57. The second-order valence-corrected chi connectivity index (χ2v) is 7.83. The van der Waals surface area contributed by atoms with E-state index in [2.05, 4.69) is 10.0 Å². The predicted molar refractivity (Wildman–Crippen MR) is 108 cm³/mol. The van der Waals surface area contributed by atoms with Gasteiger partial charge >= 0.3 is 0 Å². The topological polar surface area (TPSA) is 93.7 Å². The summed E-state index contributed by atoms with van der Waals surface area (Å²) in [6.45, 7) is 7.90. The van der Waals surface area contributed by atoms with Crippen molar-refractivity contribution in [2.45, 2.75) is 38.6 Å². The maximum absolute atomic E-state index is 12.7. The summed E-state index contributed by atoms with van der Waals surface area (Å²) < 4.78 is 39.2. The lowest BCUT2D eigenvalue weighted by Crippen LogP contribution is -2.27. The Morgan fingerprint density at radius 3 is 2.18 bits per heavy atom. The first-order chi connectivity index (χ1) is 13.3. The fourth-order valence-electron chi connectivity index (χ4n) is 2.63. The van der Waals surface area contributed by atoms with E-state index in [0.717, 1.165) is 5.56 Å². The minimum Gasteiger partial charge on any atom is -0.490 e. The SMILES string of the molecule is CCOc1ccc([C@H](C)NS(=O)(=O)c2ccc(NC(C)=O)cc2)cc1OCC. The van der Waals surface area contributed by atoms with Gasteiger partial charge < -0.3 is 14.8 Å². The van der Waals surface area contributed by atoms with Crippen molar-refractivity contribution in [2.75, 3.05) is 18.5 Å². The van der Waals surface area contributed by atoms with E-state index in [1.807, 2.05) is 13.8 Å². The molecule has 0 fully saturated rings. The number of anilines is 1. The predicted octanol–water partition coefficient (Wildman–Crippen LogP) is 3.48. The molecular weight excluding hydrogens is 380 g/mol. The number of sulfonamides is 1. The van der Waals surface area contributed by atoms with Gasteiger partial charge in [-0.15, -0.1) is 0 Å². The third-order valence-electron chi connectivity index (χ3n) is 3.88. The summed E-state index contributed by atoms with van der Waals surface area (Å²) >= 11 is 0. The normalized spacial score (nSPS) is 12.3. The van der Waals surface area contributed by atoms with E-state index in [4.69, 9.17) is 9.47 Å². The largest absolute Gasteiger partial charge is 0.490 e. The Morgan fingerprint density at radius 2 is 1.61 bits per heavy atom. The molecule has 2 aromatic carbocycles. The summed E-state index contributed by atoms with van der Waals surface area (Å²) in [6.07, 6.45) is 0. The van der Waals surface area contributed by atoms with E-state index in [1.54, 1.807) is 37.3 Å². The van der Waals surface area contributed by atoms with Gasteiger partial charge in [-0.1, -0.05) is 6.07 Å². The van der Waals surface area contributed by atoms with Crippen LogP contribution in [0.5, 0.6) is 11.5 Å². The van der Waals surface area contributed by atoms with Crippen molar-refractivity contribution >= 4 is 21.6 Å². The molecule has 0 spiro atoms. The van der Waals surface area contributed by atoms with Gasteiger partial charge in [0.15, 0.2) is 11.5 Å². The maximum atomic E-state index is 12.7. The standard InChI is InChI=1S/C20H26N2O5S/c1-5-26-19-12-7-16(13-20(19)27-6-2)14(3)22-28(24,25)18-10-8-17(9-11-18)21-15(4)23/h7-14,22H,5-6H2,1-4H3,(H,21,23)/t14-/m0/s1. The van der Waals surface area contributed by atoms with Gasteiger partial charge in [0.1, 0.15) is 0 Å². The minimum atomic E-state index is -3.73. The van der Waals surface area contributed by atoms with Crippen LogP contribution < -0.4 is 19.5 Å². The van der Waals surface area contributed by atoms with Crippen LogP contribution in [-0.2, 0) is 14.8 Å². The Balaban J connectivity index is 2.19. The summed E-state index contributed by atoms with van der Waals surface area (Å²) in [5.41, 5.74) is 1.29. The summed E-state index contributed by atoms with van der Waals surface area (Å²) in [5.74, 6) is 0.979. The zero-order valence-electron chi connectivity index (χ0n) is 16.5. The molecule has 0 aromatic heterocycles. The van der Waals surface area contributed by atoms with Gasteiger partial charge in [0.05, 0.1) is 18.1 Å². The molecule has 7 nitrogen and oxygen atoms in total. The zero-order chi connectivity index (χ0) is 20.7. The van der Waals surface area contributed by atoms with Crippen molar-refractivity contribution in [1.29, 1.82) is 0 Å². The molecular formula is C20H26N2O5S. The monoisotopic (exact) mass is 406 g/mol. The highest BCUT2D eigenvalue weighted by Crippen LogP contribution is 2.31. The Hall–Kier alpha value is -2.58. The molecule has 2 N–H and O–H groups in total. The first kappa shape index (κ1) is 21.7. The summed E-state index contributed by atoms with van der Waals surface area (Å²) in [7, 11) is -3.73. The van der Waals surface area contributed by atoms with Crippen LogP contribution in [0.2, 0.25) is 0 Å². The van der Waals surface area contributed by atoms with Gasteiger partial charge in [-0.3, -0.25) is 4.79 Å². The van der Waals surface area contributed by atoms with Crippen LogP contribution in [0.3, 0.4) is 0 Å². The number of rotatable bonds is 9. The van der Waals surface area contributed by atoms with Crippen molar-refractivity contribution in [3.05, 3.63) is 48.0 Å². The quantitative estimate of drug-likeness (QED) is 0.665. The van der Waals surface area contributed by atoms with Crippen molar-refractivity contribution < 1.29 is 22.7 Å². The first-order valence-corrected chi connectivity index (χ1v) is 10.5. The van der Waals surface area contributed by atoms with Crippen LogP contribution in [-0.4, -0.2) is 27.5 Å². The van der Waals surface area contributed by atoms with Crippen LogP contribution in [0.4, 0.5) is 5.69 Å². The molecule has 1 amide bonds. The minimum absolute atomic E-state index is 0.115. The Kier molecular flexibility index (Phi) is 7.42. The van der Waals surface area contributed by atoms with Crippen molar-refractivity contribution in [2.24, 2.45) is 0 Å². The Labute approximate surface area is 166 Å². The average molecular weight is 407 g/mol. The first-order valence-electron chi connectivity index (χ1n) is 9.06. The maximum Gasteiger partial charge on any atom is 0.241 e. The molecule has 152 valence electrons. The van der Waals surface area contributed by atoms with E-state index in [0.29, 0.717) is 30.4 Å². The number of hydrogen-bond acceptors (Lipinski definition) is 5. The molecule has 0 aliphatic heterocycles. The Bertz CT molecular complexity index is 911. The molecule has 2 aromatic rings. The molecule has 28 heavy (non-hydrogen) atoms. The number of amides is 1. The number of ether oxygens (including phenoxy) is 2. The summed E-state index contributed by atoms with van der Waals surface area (Å²) in [5, 5.41) is 2.60. The van der Waals surface area contributed by atoms with Crippen LogP contribution in [0, 0.1) is 0 Å². The van der Waals surface area contributed by atoms with E-state index >= 15 is 0 Å². The molecule has 0 saturated heterocycles. The third kappa shape index (κ3) is 5.71. The van der Waals surface area contributed by atoms with E-state index in [9.17, 15) is 13.2 Å². The third-order valence-corrected chi connectivity index (χ3v) is 5.44. The molecule has 0 unspecified atom stereocenters. The summed E-state index contributed by atoms with van der Waals surface area (Å²) in [4.78, 5) is 11.2. The molecule has 0 heterocycles. The zero-order valence-corrected chi connectivity index (χ0v) is 17.3. The van der Waals surface area contributed by atoms with Gasteiger partial charge in [0.25, 0.3) is 0 Å². The highest BCUT2D eigenvalue weighted by molar-refractivity contribution is 7.89. The summed E-state index contributed by atoms with van der Waals surface area (Å²) in [6, 6.07) is 10.9. The molecule has 8 heteroatoms. The van der Waals surface area contributed by atoms with E-state index in [-0.39, 0.29) is 10.8 Å². The van der Waals surface area contributed by atoms with Crippen LogP contribution in [0.15, 0.2) is 47.4 Å². The fourth-order valence-corrected chi connectivity index (χ4v) is 3.86. The van der Waals surface area contributed by atoms with Crippen molar-refractivity contribution in [3.8, 4) is 11.5 Å². The fraction of sp³-hybridized carbons (Fsp3) is 0.350. The number of carbonyl (C=O) groups excluding carboxylic acids is 1. The lowest BCUT2D eigenvalue weighted by Gasteiger charge is -2.18. The molecule has 1 atom stereocenters. The van der Waals surface area contributed by atoms with Crippen molar-refractivity contribution in [3.63, 3.8) is 0 Å². The molecule has 2 rings (SSSR count). The van der Waals surface area contributed by atoms with Gasteiger partial charge in [0, 0.05) is 18.7 Å². The lowest BCUT2D eigenvalue weighted by molar-refractivity contribution is -0.114. The molecule has 0 aliphatic carbocycles. The average Bonchev–Trinajstić information content (AvgIpc) is 2.63. The Morgan fingerprint density at radius 1 is 1.00 bits per heavy atom. The number of hydrogen-bond donors (Lipinski definition) is 2. The van der Waals surface area contributed by atoms with E-state index in [1.165, 1.54) is 19.1 Å². The van der Waals surface area contributed by atoms with Gasteiger partial charge in [-0.2, -0.15) is 0 Å². The molecule has 0 bridgehead atoms. The molecule has 0 saturated carbocycles. The highest BCUT2D eigenvalue weighted by Gasteiger charge is 2.19. The molecule has 0 aliphatic rings. The van der Waals surface area contributed by atoms with Crippen molar-refractivity contribution in [1.82, 2.24) is 4.72 Å². The van der Waals surface area contributed by atoms with E-state index < -0.39 is 16.1 Å².